The van der Waals surface area contributed by atoms with E-state index < -0.39 is 0 Å². The van der Waals surface area contributed by atoms with Crippen molar-refractivity contribution in [3.8, 4) is 0 Å². The van der Waals surface area contributed by atoms with Gasteiger partial charge in [0.25, 0.3) is 0 Å². The van der Waals surface area contributed by atoms with Gasteiger partial charge in [0, 0.05) is 5.75 Å². The summed E-state index contributed by atoms with van der Waals surface area (Å²) < 4.78 is 6.30. The number of hydrogen-bond acceptors (Lipinski definition) is 2. The van der Waals surface area contributed by atoms with E-state index in [1.54, 1.807) is 0 Å². The average Bonchev–Trinajstić information content (AvgIpc) is 2.66. The summed E-state index contributed by atoms with van der Waals surface area (Å²) in [5.41, 5.74) is 0.777. The molecule has 1 rings (SSSR count). The first-order chi connectivity index (χ1) is 8.37. The van der Waals surface area contributed by atoms with Crippen molar-refractivity contribution >= 4 is 11.8 Å². The van der Waals surface area contributed by atoms with Crippen LogP contribution < -0.4 is 0 Å². The molecule has 2 atom stereocenters. The van der Waals surface area contributed by atoms with Gasteiger partial charge in [-0.05, 0) is 18.8 Å². The minimum absolute atomic E-state index is 0.132. The van der Waals surface area contributed by atoms with Crippen LogP contribution in [0.25, 0.3) is 0 Å². The van der Waals surface area contributed by atoms with Crippen molar-refractivity contribution in [3.63, 3.8) is 0 Å². The van der Waals surface area contributed by atoms with Gasteiger partial charge in [-0.3, -0.25) is 0 Å². The lowest BCUT2D eigenvalue weighted by atomic mass is 9.96. The van der Waals surface area contributed by atoms with Crippen molar-refractivity contribution < 1.29 is 4.74 Å². The maximum absolute atomic E-state index is 6.30. The Morgan fingerprint density at radius 3 is 2.28 bits per heavy atom. The van der Waals surface area contributed by atoms with E-state index in [2.05, 4.69) is 34.6 Å². The molecular formula is C16H32OS. The summed E-state index contributed by atoms with van der Waals surface area (Å²) in [5.74, 6) is 1.17. The molecule has 0 aromatic heterocycles. The quantitative estimate of drug-likeness (QED) is 0.555. The van der Waals surface area contributed by atoms with E-state index in [1.807, 2.05) is 11.8 Å². The minimum atomic E-state index is 0.132. The van der Waals surface area contributed by atoms with E-state index in [4.69, 9.17) is 4.74 Å². The molecule has 0 spiro atoms. The number of ether oxygens (including phenoxy) is 1. The lowest BCUT2D eigenvalue weighted by Crippen LogP contribution is -2.32. The van der Waals surface area contributed by atoms with Crippen molar-refractivity contribution in [1.29, 1.82) is 0 Å². The van der Waals surface area contributed by atoms with Gasteiger partial charge in [-0.15, -0.1) is 11.8 Å². The van der Waals surface area contributed by atoms with Crippen LogP contribution in [0.5, 0.6) is 0 Å². The molecule has 0 bridgehead atoms. The van der Waals surface area contributed by atoms with Crippen LogP contribution in [0, 0.1) is 5.41 Å². The Bertz CT molecular complexity index is 234. The lowest BCUT2D eigenvalue weighted by molar-refractivity contribution is -0.0569. The van der Waals surface area contributed by atoms with Crippen LogP contribution in [0.2, 0.25) is 0 Å². The monoisotopic (exact) mass is 272 g/mol. The Balaban J connectivity index is 2.18. The van der Waals surface area contributed by atoms with Crippen LogP contribution in [0.4, 0.5) is 0 Å². The predicted molar refractivity (Wildman–Crippen MR) is 83.2 cm³/mol. The molecule has 2 unspecified atom stereocenters. The second-order valence-electron chi connectivity index (χ2n) is 7.09. The highest BCUT2D eigenvalue weighted by Crippen LogP contribution is 2.44. The van der Waals surface area contributed by atoms with Crippen LogP contribution in [0.1, 0.15) is 79.6 Å². The van der Waals surface area contributed by atoms with E-state index in [9.17, 15) is 0 Å². The van der Waals surface area contributed by atoms with Crippen LogP contribution in [-0.4, -0.2) is 16.8 Å². The zero-order chi connectivity index (χ0) is 13.6. The van der Waals surface area contributed by atoms with Crippen LogP contribution in [-0.2, 0) is 4.74 Å². The Morgan fingerprint density at radius 1 is 1.11 bits per heavy atom. The Morgan fingerprint density at radius 2 is 1.72 bits per heavy atom. The fraction of sp³-hybridized carbons (Fsp3) is 1.00. The molecule has 1 saturated heterocycles. The van der Waals surface area contributed by atoms with E-state index in [0.29, 0.717) is 5.44 Å². The Kier molecular flexibility index (Phi) is 6.54. The first-order valence-electron chi connectivity index (χ1n) is 7.67. The molecule has 0 amide bonds. The highest BCUT2D eigenvalue weighted by atomic mass is 32.2. The van der Waals surface area contributed by atoms with Gasteiger partial charge in [-0.25, -0.2) is 0 Å². The maximum Gasteiger partial charge on any atom is 0.108 e. The molecule has 2 heteroatoms. The van der Waals surface area contributed by atoms with Crippen LogP contribution in [0.15, 0.2) is 0 Å². The third-order valence-corrected chi connectivity index (χ3v) is 5.58. The second-order valence-corrected chi connectivity index (χ2v) is 8.14. The second kappa shape index (κ2) is 7.19. The molecule has 1 heterocycles. The summed E-state index contributed by atoms with van der Waals surface area (Å²) in [5, 5.41) is 0. The molecule has 0 N–H and O–H groups in total. The Hall–Kier alpha value is 0.310. The SMILES string of the molecule is CCCCCCCCC1(C)CSC(C(C)(C)C)O1. The van der Waals surface area contributed by atoms with Gasteiger partial charge >= 0.3 is 0 Å². The zero-order valence-corrected chi connectivity index (χ0v) is 13.9. The molecule has 0 aromatic carbocycles. The normalized spacial score (nSPS) is 28.8. The van der Waals surface area contributed by atoms with E-state index in [-0.39, 0.29) is 11.0 Å². The number of thioether (sulfide) groups is 1. The fourth-order valence-corrected chi connectivity index (χ4v) is 3.93. The van der Waals surface area contributed by atoms with E-state index in [0.717, 1.165) is 0 Å². The summed E-state index contributed by atoms with van der Waals surface area (Å²) in [6.07, 6.45) is 9.49. The van der Waals surface area contributed by atoms with Crippen molar-refractivity contribution in [1.82, 2.24) is 0 Å². The molecular weight excluding hydrogens is 240 g/mol. The van der Waals surface area contributed by atoms with Crippen LogP contribution >= 0.6 is 11.8 Å². The van der Waals surface area contributed by atoms with Gasteiger partial charge in [-0.1, -0.05) is 66.2 Å². The molecule has 0 aliphatic carbocycles. The molecule has 1 fully saturated rings. The van der Waals surface area contributed by atoms with Gasteiger partial charge in [0.05, 0.1) is 5.60 Å². The van der Waals surface area contributed by atoms with Crippen molar-refractivity contribution in [3.05, 3.63) is 0 Å². The summed E-state index contributed by atoms with van der Waals surface area (Å²) in [6.45, 7) is 11.4. The maximum atomic E-state index is 6.30. The van der Waals surface area contributed by atoms with Crippen LogP contribution in [0.3, 0.4) is 0 Å². The third kappa shape index (κ3) is 5.52. The smallest absolute Gasteiger partial charge is 0.108 e. The Labute approximate surface area is 118 Å². The lowest BCUT2D eigenvalue weighted by Gasteiger charge is -2.29. The van der Waals surface area contributed by atoms with Crippen molar-refractivity contribution in [2.75, 3.05) is 5.75 Å². The standard InChI is InChI=1S/C16H32OS/c1-6-7-8-9-10-11-12-16(5)13-18-14(17-16)15(2,3)4/h14H,6-13H2,1-5H3. The average molecular weight is 272 g/mol. The highest BCUT2D eigenvalue weighted by molar-refractivity contribution is 8.00. The molecule has 1 aliphatic rings. The van der Waals surface area contributed by atoms with E-state index >= 15 is 0 Å². The van der Waals surface area contributed by atoms with Gasteiger partial charge in [0.15, 0.2) is 0 Å². The predicted octanol–water partition coefficient (Wildman–Crippen LogP) is 5.63. The molecule has 0 radical (unpaired) electrons. The first kappa shape index (κ1) is 16.4. The number of unbranched alkanes of at least 4 members (excludes halogenated alkanes) is 5. The van der Waals surface area contributed by atoms with Gasteiger partial charge in [-0.2, -0.15) is 0 Å². The minimum Gasteiger partial charge on any atom is -0.360 e. The largest absolute Gasteiger partial charge is 0.360 e. The zero-order valence-electron chi connectivity index (χ0n) is 13.1. The van der Waals surface area contributed by atoms with Crippen molar-refractivity contribution in [2.45, 2.75) is 90.6 Å². The highest BCUT2D eigenvalue weighted by Gasteiger charge is 2.41. The summed E-state index contributed by atoms with van der Waals surface area (Å²) in [7, 11) is 0. The summed E-state index contributed by atoms with van der Waals surface area (Å²) >= 11 is 2.01. The van der Waals surface area contributed by atoms with Gasteiger partial charge in [0.1, 0.15) is 5.44 Å². The molecule has 1 aliphatic heterocycles. The number of hydrogen-bond donors (Lipinski definition) is 0. The van der Waals surface area contributed by atoms with Gasteiger partial charge < -0.3 is 4.74 Å². The van der Waals surface area contributed by atoms with E-state index in [1.165, 1.54) is 50.7 Å². The summed E-state index contributed by atoms with van der Waals surface area (Å²) in [6, 6.07) is 0. The van der Waals surface area contributed by atoms with Gasteiger partial charge in [0.2, 0.25) is 0 Å². The topological polar surface area (TPSA) is 9.23 Å². The third-order valence-electron chi connectivity index (χ3n) is 3.70. The molecule has 108 valence electrons. The molecule has 0 saturated carbocycles. The number of rotatable bonds is 7. The first-order valence-corrected chi connectivity index (χ1v) is 8.72. The molecule has 0 aromatic rings. The van der Waals surface area contributed by atoms with Crippen molar-refractivity contribution in [2.24, 2.45) is 5.41 Å². The molecule has 1 nitrogen and oxygen atoms in total. The fourth-order valence-electron chi connectivity index (χ4n) is 2.42. The molecule has 18 heavy (non-hydrogen) atoms. The summed E-state index contributed by atoms with van der Waals surface area (Å²) in [4.78, 5) is 0.